The topological polar surface area (TPSA) is 66.8 Å². The summed E-state index contributed by atoms with van der Waals surface area (Å²) in [5.41, 5.74) is -0.687. The molecule has 0 aliphatic carbocycles. The van der Waals surface area contributed by atoms with Gasteiger partial charge in [0.25, 0.3) is 0 Å². The molecule has 0 amide bonds. The molecule has 21 heavy (non-hydrogen) atoms. The number of hydrogen-bond donors (Lipinski definition) is 2. The molecule has 0 radical (unpaired) electrons. The van der Waals surface area contributed by atoms with Crippen LogP contribution in [0.15, 0.2) is 11.6 Å². The number of ether oxygens (including phenoxy) is 1. The van der Waals surface area contributed by atoms with Gasteiger partial charge in [0.1, 0.15) is 12.6 Å². The summed E-state index contributed by atoms with van der Waals surface area (Å²) in [5.74, 6) is -1.14. The molecule has 2 heterocycles. The highest BCUT2D eigenvalue weighted by Gasteiger charge is 2.47. The molecule has 2 aliphatic heterocycles. The van der Waals surface area contributed by atoms with Crippen molar-refractivity contribution in [2.75, 3.05) is 26.7 Å². The lowest BCUT2D eigenvalue weighted by molar-refractivity contribution is -0.905. The molecule has 1 saturated heterocycles. The van der Waals surface area contributed by atoms with E-state index in [2.05, 4.69) is 13.1 Å². The summed E-state index contributed by atoms with van der Waals surface area (Å²) in [6.45, 7) is 7.20. The standard InChI is InChI=1S/C16H28NO4/c1-11(2)16(20,12(3)18)15(19)21-10-13-7-9-17(4)8-5-6-14(13)17/h7,11-12,14,18,20H,5-6,8-10H2,1-4H3/q+1/t12-,14?,16?,17?/m0/s1. The van der Waals surface area contributed by atoms with Gasteiger partial charge in [-0.2, -0.15) is 0 Å². The molecular weight excluding hydrogens is 270 g/mol. The van der Waals surface area contributed by atoms with Gasteiger partial charge in [0.2, 0.25) is 0 Å². The number of nitrogens with zero attached hydrogens (tertiary/aromatic N) is 1. The molecule has 2 N–H and O–H groups in total. The molecule has 2 aliphatic rings. The van der Waals surface area contributed by atoms with Crippen molar-refractivity contribution >= 4 is 5.97 Å². The first-order valence-corrected chi connectivity index (χ1v) is 7.82. The number of likely N-dealkylation sites (N-methyl/N-ethyl adjacent to an activating group) is 1. The van der Waals surface area contributed by atoms with Gasteiger partial charge in [0.15, 0.2) is 5.60 Å². The van der Waals surface area contributed by atoms with E-state index in [-0.39, 0.29) is 6.61 Å². The monoisotopic (exact) mass is 298 g/mol. The number of quaternary nitrogens is 1. The van der Waals surface area contributed by atoms with Gasteiger partial charge in [0, 0.05) is 18.4 Å². The molecule has 0 aromatic carbocycles. The number of carbonyl (C=O) groups is 1. The minimum atomic E-state index is -1.84. The van der Waals surface area contributed by atoms with E-state index in [1.165, 1.54) is 19.9 Å². The molecule has 0 aromatic heterocycles. The first-order chi connectivity index (χ1) is 9.71. The Morgan fingerprint density at radius 2 is 2.19 bits per heavy atom. The van der Waals surface area contributed by atoms with Crippen molar-refractivity contribution in [1.29, 1.82) is 0 Å². The van der Waals surface area contributed by atoms with E-state index in [0.717, 1.165) is 23.0 Å². The number of hydrogen-bond acceptors (Lipinski definition) is 4. The van der Waals surface area contributed by atoms with E-state index in [4.69, 9.17) is 4.74 Å². The molecule has 1 fully saturated rings. The zero-order chi connectivity index (χ0) is 15.8. The zero-order valence-corrected chi connectivity index (χ0v) is 13.5. The number of fused-ring (bicyclic) bond motifs is 1. The molecule has 0 spiro atoms. The second kappa shape index (κ2) is 5.71. The molecule has 5 nitrogen and oxygen atoms in total. The molecule has 0 saturated carbocycles. The maximum atomic E-state index is 12.2. The Morgan fingerprint density at radius 1 is 1.52 bits per heavy atom. The largest absolute Gasteiger partial charge is 0.459 e. The average molecular weight is 298 g/mol. The molecule has 0 aromatic rings. The molecule has 5 heteroatoms. The fourth-order valence-corrected chi connectivity index (χ4v) is 3.69. The van der Waals surface area contributed by atoms with Crippen LogP contribution in [-0.2, 0) is 9.53 Å². The van der Waals surface area contributed by atoms with Crippen LogP contribution in [0.2, 0.25) is 0 Å². The number of esters is 1. The normalized spacial score (nSPS) is 32.5. The van der Waals surface area contributed by atoms with Gasteiger partial charge in [-0.25, -0.2) is 4.79 Å². The van der Waals surface area contributed by atoms with E-state index >= 15 is 0 Å². The third kappa shape index (κ3) is 2.74. The Kier molecular flexibility index (Phi) is 4.47. The summed E-state index contributed by atoms with van der Waals surface area (Å²) < 4.78 is 6.35. The van der Waals surface area contributed by atoms with Crippen LogP contribution in [0.25, 0.3) is 0 Å². The lowest BCUT2D eigenvalue weighted by Crippen LogP contribution is -2.53. The van der Waals surface area contributed by atoms with Crippen LogP contribution in [0, 0.1) is 5.92 Å². The maximum absolute atomic E-state index is 12.2. The second-order valence-corrected chi connectivity index (χ2v) is 7.05. The Bertz CT molecular complexity index is 436. The molecule has 4 atom stereocenters. The van der Waals surface area contributed by atoms with Crippen LogP contribution in [0.5, 0.6) is 0 Å². The highest BCUT2D eigenvalue weighted by molar-refractivity contribution is 5.80. The summed E-state index contributed by atoms with van der Waals surface area (Å²) in [6, 6.07) is 0.441. The SMILES string of the molecule is CC(C)C(O)(C(=O)OCC1=CC[N+]2(C)CCCC12)[C@H](C)O. The summed E-state index contributed by atoms with van der Waals surface area (Å²) in [6.07, 6.45) is 3.34. The zero-order valence-electron chi connectivity index (χ0n) is 13.5. The summed E-state index contributed by atoms with van der Waals surface area (Å²) in [4.78, 5) is 12.2. The second-order valence-electron chi connectivity index (χ2n) is 7.05. The third-order valence-corrected chi connectivity index (χ3v) is 5.31. The van der Waals surface area contributed by atoms with Crippen LogP contribution in [0.1, 0.15) is 33.6 Å². The van der Waals surface area contributed by atoms with Crippen molar-refractivity contribution < 1.29 is 24.2 Å². The predicted octanol–water partition coefficient (Wildman–Crippen LogP) is 0.846. The van der Waals surface area contributed by atoms with E-state index in [1.54, 1.807) is 13.8 Å². The fourth-order valence-electron chi connectivity index (χ4n) is 3.69. The van der Waals surface area contributed by atoms with Crippen molar-refractivity contribution in [3.8, 4) is 0 Å². The van der Waals surface area contributed by atoms with Gasteiger partial charge < -0.3 is 19.4 Å². The maximum Gasteiger partial charge on any atom is 0.341 e. The minimum absolute atomic E-state index is 0.221. The van der Waals surface area contributed by atoms with Crippen LogP contribution in [0.3, 0.4) is 0 Å². The van der Waals surface area contributed by atoms with Crippen molar-refractivity contribution in [3.05, 3.63) is 11.6 Å². The van der Waals surface area contributed by atoms with Crippen LogP contribution in [-0.4, -0.2) is 65.2 Å². The van der Waals surface area contributed by atoms with Gasteiger partial charge in [-0.3, -0.25) is 0 Å². The first-order valence-electron chi connectivity index (χ1n) is 7.82. The number of aliphatic hydroxyl groups is 2. The highest BCUT2D eigenvalue weighted by Crippen LogP contribution is 2.35. The van der Waals surface area contributed by atoms with E-state index in [0.29, 0.717) is 6.04 Å². The number of carbonyl (C=O) groups excluding carboxylic acids is 1. The Labute approximate surface area is 126 Å². The van der Waals surface area contributed by atoms with Crippen LogP contribution in [0.4, 0.5) is 0 Å². The lowest BCUT2D eigenvalue weighted by atomic mass is 9.85. The van der Waals surface area contributed by atoms with E-state index in [1.807, 2.05) is 0 Å². The van der Waals surface area contributed by atoms with E-state index < -0.39 is 23.6 Å². The van der Waals surface area contributed by atoms with Gasteiger partial charge in [-0.15, -0.1) is 0 Å². The van der Waals surface area contributed by atoms with Gasteiger partial charge in [-0.05, 0) is 18.9 Å². The molecule has 2 rings (SSSR count). The Hall–Kier alpha value is -0.910. The quantitative estimate of drug-likeness (QED) is 0.448. The predicted molar refractivity (Wildman–Crippen MR) is 79.5 cm³/mol. The minimum Gasteiger partial charge on any atom is -0.459 e. The molecular formula is C16H28NO4+. The highest BCUT2D eigenvalue weighted by atomic mass is 16.6. The van der Waals surface area contributed by atoms with Crippen molar-refractivity contribution in [1.82, 2.24) is 0 Å². The van der Waals surface area contributed by atoms with Crippen molar-refractivity contribution in [2.45, 2.75) is 51.4 Å². The smallest absolute Gasteiger partial charge is 0.341 e. The fraction of sp³-hybridized carbons (Fsp3) is 0.812. The van der Waals surface area contributed by atoms with Crippen LogP contribution >= 0.6 is 0 Å². The lowest BCUT2D eigenvalue weighted by Gasteiger charge is -2.33. The summed E-state index contributed by atoms with van der Waals surface area (Å²) in [7, 11) is 2.24. The van der Waals surface area contributed by atoms with Crippen molar-refractivity contribution in [2.24, 2.45) is 5.92 Å². The summed E-state index contributed by atoms with van der Waals surface area (Å²) in [5, 5.41) is 20.1. The van der Waals surface area contributed by atoms with Gasteiger partial charge in [-0.1, -0.05) is 13.8 Å². The van der Waals surface area contributed by atoms with E-state index in [9.17, 15) is 15.0 Å². The molecule has 120 valence electrons. The third-order valence-electron chi connectivity index (χ3n) is 5.31. The van der Waals surface area contributed by atoms with Crippen LogP contribution < -0.4 is 0 Å². The van der Waals surface area contributed by atoms with Gasteiger partial charge >= 0.3 is 5.97 Å². The summed E-state index contributed by atoms with van der Waals surface area (Å²) >= 11 is 0. The first kappa shape index (κ1) is 16.5. The molecule has 0 bridgehead atoms. The van der Waals surface area contributed by atoms with Crippen molar-refractivity contribution in [3.63, 3.8) is 0 Å². The number of aliphatic hydroxyl groups excluding tert-OH is 1. The Balaban J connectivity index is 1.99. The average Bonchev–Trinajstić information content (AvgIpc) is 2.91. The number of rotatable bonds is 5. The van der Waals surface area contributed by atoms with Gasteiger partial charge in [0.05, 0.1) is 26.2 Å². The molecule has 3 unspecified atom stereocenters. The Morgan fingerprint density at radius 3 is 2.76 bits per heavy atom.